The van der Waals surface area contributed by atoms with E-state index in [4.69, 9.17) is 16.6 Å². The summed E-state index contributed by atoms with van der Waals surface area (Å²) in [5.74, 6) is 0. The van der Waals surface area contributed by atoms with Crippen LogP contribution in [0.1, 0.15) is 5.56 Å². The molecule has 0 aliphatic rings. The molecule has 0 saturated carbocycles. The van der Waals surface area contributed by atoms with Gasteiger partial charge in [0, 0.05) is 16.1 Å². The van der Waals surface area contributed by atoms with Gasteiger partial charge in [0.2, 0.25) is 0 Å². The van der Waals surface area contributed by atoms with E-state index in [1.54, 1.807) is 6.08 Å². The number of pyridine rings is 1. The SMILES string of the molecule is C=C/C=C(\C=C)c1cc(-c2ccccc2)nc(-c2cccc(Cl)c2)c1. The molecule has 0 radical (unpaired) electrons. The van der Waals surface area contributed by atoms with Crippen molar-refractivity contribution in [1.82, 2.24) is 4.98 Å². The van der Waals surface area contributed by atoms with Crippen molar-refractivity contribution in [2.24, 2.45) is 0 Å². The summed E-state index contributed by atoms with van der Waals surface area (Å²) in [6.07, 6.45) is 5.53. The highest BCUT2D eigenvalue weighted by atomic mass is 35.5. The Balaban J connectivity index is 2.23. The van der Waals surface area contributed by atoms with Crippen molar-refractivity contribution in [3.8, 4) is 22.5 Å². The summed E-state index contributed by atoms with van der Waals surface area (Å²) in [7, 11) is 0. The third-order valence-corrected chi connectivity index (χ3v) is 4.10. The summed E-state index contributed by atoms with van der Waals surface area (Å²) in [6.45, 7) is 7.71. The molecule has 1 heterocycles. The Morgan fingerprint density at radius 3 is 2.16 bits per heavy atom. The molecule has 3 aromatic rings. The number of hydrogen-bond acceptors (Lipinski definition) is 1. The van der Waals surface area contributed by atoms with Gasteiger partial charge in [0.25, 0.3) is 0 Å². The summed E-state index contributed by atoms with van der Waals surface area (Å²) in [6, 6.07) is 22.0. The topological polar surface area (TPSA) is 12.9 Å². The van der Waals surface area contributed by atoms with Crippen LogP contribution in [-0.2, 0) is 0 Å². The summed E-state index contributed by atoms with van der Waals surface area (Å²) >= 11 is 6.16. The van der Waals surface area contributed by atoms with Crippen LogP contribution < -0.4 is 0 Å². The first-order valence-corrected chi connectivity index (χ1v) is 8.38. The largest absolute Gasteiger partial charge is 0.248 e. The van der Waals surface area contributed by atoms with E-state index in [0.29, 0.717) is 5.02 Å². The first-order chi connectivity index (χ1) is 12.2. The van der Waals surface area contributed by atoms with Crippen LogP contribution in [0.25, 0.3) is 28.1 Å². The number of nitrogens with zero attached hydrogens (tertiary/aromatic N) is 1. The predicted molar refractivity (Wildman–Crippen MR) is 108 cm³/mol. The normalized spacial score (nSPS) is 11.2. The molecule has 0 fully saturated rings. The van der Waals surface area contributed by atoms with Crippen molar-refractivity contribution in [2.45, 2.75) is 0 Å². The molecule has 0 atom stereocenters. The summed E-state index contributed by atoms with van der Waals surface area (Å²) in [4.78, 5) is 4.85. The Kier molecular flexibility index (Phi) is 5.27. The van der Waals surface area contributed by atoms with Gasteiger partial charge >= 0.3 is 0 Å². The van der Waals surface area contributed by atoms with Gasteiger partial charge in [0.05, 0.1) is 11.4 Å². The van der Waals surface area contributed by atoms with E-state index in [0.717, 1.165) is 33.7 Å². The Morgan fingerprint density at radius 1 is 0.840 bits per heavy atom. The number of rotatable bonds is 5. The van der Waals surface area contributed by atoms with Gasteiger partial charge in [0.15, 0.2) is 0 Å². The second-order valence-electron chi connectivity index (χ2n) is 5.56. The molecule has 0 aliphatic heterocycles. The van der Waals surface area contributed by atoms with Gasteiger partial charge in [-0.15, -0.1) is 0 Å². The van der Waals surface area contributed by atoms with Crippen LogP contribution in [0.3, 0.4) is 0 Å². The highest BCUT2D eigenvalue weighted by molar-refractivity contribution is 6.30. The Hall–Kier alpha value is -2.90. The highest BCUT2D eigenvalue weighted by Gasteiger charge is 2.09. The van der Waals surface area contributed by atoms with Crippen LogP contribution in [0.5, 0.6) is 0 Å². The summed E-state index contributed by atoms with van der Waals surface area (Å²) < 4.78 is 0. The molecule has 0 spiro atoms. The minimum Gasteiger partial charge on any atom is -0.248 e. The molecule has 1 aromatic heterocycles. The van der Waals surface area contributed by atoms with Crippen molar-refractivity contribution in [2.75, 3.05) is 0 Å². The number of allylic oxidation sites excluding steroid dienone is 4. The smallest absolute Gasteiger partial charge is 0.0716 e. The number of hydrogen-bond donors (Lipinski definition) is 0. The zero-order valence-electron chi connectivity index (χ0n) is 13.8. The number of aromatic nitrogens is 1. The number of benzene rings is 2. The molecule has 1 nitrogen and oxygen atoms in total. The molecule has 2 aromatic carbocycles. The van der Waals surface area contributed by atoms with Gasteiger partial charge in [-0.25, -0.2) is 4.98 Å². The van der Waals surface area contributed by atoms with Gasteiger partial charge in [0.1, 0.15) is 0 Å². The van der Waals surface area contributed by atoms with Crippen LogP contribution in [0.15, 0.2) is 98.1 Å². The lowest BCUT2D eigenvalue weighted by atomic mass is 9.99. The van der Waals surface area contributed by atoms with Crippen LogP contribution in [0.4, 0.5) is 0 Å². The molecule has 0 aliphatic carbocycles. The lowest BCUT2D eigenvalue weighted by Crippen LogP contribution is -1.92. The molecule has 0 unspecified atom stereocenters. The molecule has 0 amide bonds. The maximum atomic E-state index is 6.16. The van der Waals surface area contributed by atoms with E-state index in [2.05, 4.69) is 37.4 Å². The van der Waals surface area contributed by atoms with Crippen molar-refractivity contribution >= 4 is 17.2 Å². The van der Waals surface area contributed by atoms with Gasteiger partial charge < -0.3 is 0 Å². The Morgan fingerprint density at radius 2 is 1.52 bits per heavy atom. The molecular formula is C23H18ClN. The fourth-order valence-electron chi connectivity index (χ4n) is 2.66. The van der Waals surface area contributed by atoms with Gasteiger partial charge in [-0.1, -0.05) is 85.5 Å². The number of halogens is 1. The second-order valence-corrected chi connectivity index (χ2v) is 6.00. The first-order valence-electron chi connectivity index (χ1n) is 8.00. The minimum absolute atomic E-state index is 0.691. The zero-order valence-corrected chi connectivity index (χ0v) is 14.6. The maximum Gasteiger partial charge on any atom is 0.0716 e. The molecule has 122 valence electrons. The third-order valence-electron chi connectivity index (χ3n) is 3.87. The van der Waals surface area contributed by atoms with Gasteiger partial charge in [-0.05, 0) is 35.4 Å². The average Bonchev–Trinajstić information content (AvgIpc) is 2.66. The summed E-state index contributed by atoms with van der Waals surface area (Å²) in [5, 5.41) is 0.691. The van der Waals surface area contributed by atoms with E-state index in [1.807, 2.05) is 54.6 Å². The second kappa shape index (κ2) is 7.78. The highest BCUT2D eigenvalue weighted by Crippen LogP contribution is 2.29. The van der Waals surface area contributed by atoms with E-state index >= 15 is 0 Å². The quantitative estimate of drug-likeness (QED) is 0.463. The molecule has 0 bridgehead atoms. The lowest BCUT2D eigenvalue weighted by molar-refractivity contribution is 1.31. The van der Waals surface area contributed by atoms with Crippen molar-refractivity contribution in [3.63, 3.8) is 0 Å². The van der Waals surface area contributed by atoms with Crippen molar-refractivity contribution < 1.29 is 0 Å². The maximum absolute atomic E-state index is 6.16. The van der Waals surface area contributed by atoms with E-state index in [1.165, 1.54) is 0 Å². The fourth-order valence-corrected chi connectivity index (χ4v) is 2.85. The fraction of sp³-hybridized carbons (Fsp3) is 0. The standard InChI is InChI=1S/C23H18ClN/c1-3-9-17(4-2)20-15-22(18-10-6-5-7-11-18)25-23(16-20)19-12-8-13-21(24)14-19/h3-16H,1-2H2/b17-9+. The zero-order chi connectivity index (χ0) is 17.6. The molecule has 2 heteroatoms. The lowest BCUT2D eigenvalue weighted by Gasteiger charge is -2.11. The summed E-state index contributed by atoms with van der Waals surface area (Å²) in [5.41, 5.74) is 5.86. The van der Waals surface area contributed by atoms with E-state index in [-0.39, 0.29) is 0 Å². The van der Waals surface area contributed by atoms with Crippen molar-refractivity contribution in [1.29, 1.82) is 0 Å². The average molecular weight is 344 g/mol. The molecule has 0 saturated heterocycles. The van der Waals surface area contributed by atoms with E-state index in [9.17, 15) is 0 Å². The van der Waals surface area contributed by atoms with Gasteiger partial charge in [-0.2, -0.15) is 0 Å². The Bertz CT molecular complexity index is 939. The molecular weight excluding hydrogens is 326 g/mol. The van der Waals surface area contributed by atoms with Crippen LogP contribution >= 0.6 is 11.6 Å². The molecule has 0 N–H and O–H groups in total. The monoisotopic (exact) mass is 343 g/mol. The van der Waals surface area contributed by atoms with Crippen LogP contribution in [0.2, 0.25) is 5.02 Å². The molecule has 25 heavy (non-hydrogen) atoms. The van der Waals surface area contributed by atoms with Crippen LogP contribution in [0, 0.1) is 0 Å². The third kappa shape index (κ3) is 3.96. The Labute approximate surface area is 153 Å². The van der Waals surface area contributed by atoms with Crippen LogP contribution in [-0.4, -0.2) is 4.98 Å². The minimum atomic E-state index is 0.691. The predicted octanol–water partition coefficient (Wildman–Crippen LogP) is 6.82. The first kappa shape index (κ1) is 16.9. The van der Waals surface area contributed by atoms with Crippen molar-refractivity contribution in [3.05, 3.63) is 109 Å². The van der Waals surface area contributed by atoms with Gasteiger partial charge in [-0.3, -0.25) is 0 Å². The van der Waals surface area contributed by atoms with E-state index < -0.39 is 0 Å². The molecule has 3 rings (SSSR count).